The van der Waals surface area contributed by atoms with Gasteiger partial charge >= 0.3 is 5.97 Å². The number of carbonyl (C=O) groups excluding carboxylic acids is 1. The second-order valence-corrected chi connectivity index (χ2v) is 5.28. The number of ether oxygens (including phenoxy) is 2. The van der Waals surface area contributed by atoms with Crippen molar-refractivity contribution in [3.05, 3.63) is 29.5 Å². The van der Waals surface area contributed by atoms with E-state index in [4.69, 9.17) is 9.47 Å². The van der Waals surface area contributed by atoms with Gasteiger partial charge < -0.3 is 14.0 Å². The minimum atomic E-state index is -0.268. The molecule has 4 nitrogen and oxygen atoms in total. The molecule has 1 aromatic carbocycles. The lowest BCUT2D eigenvalue weighted by molar-refractivity contribution is 0.0527. The third kappa shape index (κ3) is 2.50. The first-order valence-electron chi connectivity index (χ1n) is 6.45. The highest BCUT2D eigenvalue weighted by Gasteiger charge is 2.22. The molecule has 0 aliphatic carbocycles. The number of hydrogen-bond donors (Lipinski definition) is 0. The minimum Gasteiger partial charge on any atom is -0.497 e. The van der Waals surface area contributed by atoms with E-state index in [1.165, 1.54) is 0 Å². The molecule has 1 heterocycles. The van der Waals surface area contributed by atoms with Crippen molar-refractivity contribution in [2.24, 2.45) is 7.05 Å². The first-order chi connectivity index (χ1) is 9.63. The third-order valence-corrected chi connectivity index (χ3v) is 3.85. The Morgan fingerprint density at radius 2 is 2.15 bits per heavy atom. The number of carbonyl (C=O) groups is 1. The zero-order valence-electron chi connectivity index (χ0n) is 12.2. The van der Waals surface area contributed by atoms with Gasteiger partial charge in [0, 0.05) is 29.4 Å². The van der Waals surface area contributed by atoms with Crippen molar-refractivity contribution in [1.82, 2.24) is 4.57 Å². The molecule has 0 atom stereocenters. The summed E-state index contributed by atoms with van der Waals surface area (Å²) in [5, 5.41) is 0.884. The normalized spacial score (nSPS) is 10.8. The van der Waals surface area contributed by atoms with E-state index in [-0.39, 0.29) is 5.97 Å². The van der Waals surface area contributed by atoms with Crippen molar-refractivity contribution < 1.29 is 14.3 Å². The predicted octanol–water partition coefficient (Wildman–Crippen LogP) is 3.23. The van der Waals surface area contributed by atoms with Crippen LogP contribution in [0.3, 0.4) is 0 Å². The molecule has 2 aromatic rings. The Morgan fingerprint density at radius 3 is 2.75 bits per heavy atom. The highest BCUT2D eigenvalue weighted by molar-refractivity contribution is 7.97. The molecule has 0 saturated heterocycles. The van der Waals surface area contributed by atoms with Crippen LogP contribution >= 0.6 is 11.8 Å². The summed E-state index contributed by atoms with van der Waals surface area (Å²) in [6.45, 7) is 2.19. The van der Waals surface area contributed by atoms with Crippen molar-refractivity contribution >= 4 is 28.6 Å². The monoisotopic (exact) mass is 293 g/mol. The molecule has 0 saturated carbocycles. The largest absolute Gasteiger partial charge is 0.497 e. The standard InChI is InChI=1S/C15H19NO3S/c1-5-19-15(17)14-11-8-10(18-3)6-7-12(11)16(2)13(14)9-20-4/h6-8H,5,9H2,1-4H3. The maximum atomic E-state index is 12.3. The van der Waals surface area contributed by atoms with Gasteiger partial charge in [-0.1, -0.05) is 0 Å². The Hall–Kier alpha value is -1.62. The SMILES string of the molecule is CCOC(=O)c1c(CSC)n(C)c2ccc(OC)cc12. The Bertz CT molecular complexity index is 634. The van der Waals surface area contributed by atoms with Crippen LogP contribution < -0.4 is 4.74 Å². The van der Waals surface area contributed by atoms with E-state index in [1.54, 1.807) is 18.9 Å². The van der Waals surface area contributed by atoms with Gasteiger partial charge in [-0.25, -0.2) is 4.79 Å². The molecule has 0 amide bonds. The quantitative estimate of drug-likeness (QED) is 0.794. The highest BCUT2D eigenvalue weighted by atomic mass is 32.2. The summed E-state index contributed by atoms with van der Waals surface area (Å²) < 4.78 is 12.5. The molecule has 2 rings (SSSR count). The molecule has 108 valence electrons. The van der Waals surface area contributed by atoms with Gasteiger partial charge in [-0.05, 0) is 31.4 Å². The Labute approximate surface area is 123 Å². The number of fused-ring (bicyclic) bond motifs is 1. The highest BCUT2D eigenvalue weighted by Crippen LogP contribution is 2.31. The van der Waals surface area contributed by atoms with Crippen molar-refractivity contribution in [1.29, 1.82) is 0 Å². The first-order valence-corrected chi connectivity index (χ1v) is 7.84. The van der Waals surface area contributed by atoms with Crippen LogP contribution in [0.1, 0.15) is 23.0 Å². The number of aromatic nitrogens is 1. The van der Waals surface area contributed by atoms with Gasteiger partial charge in [0.25, 0.3) is 0 Å². The number of hydrogen-bond acceptors (Lipinski definition) is 4. The molecular weight excluding hydrogens is 274 g/mol. The minimum absolute atomic E-state index is 0.268. The van der Waals surface area contributed by atoms with Gasteiger partial charge in [0.15, 0.2) is 0 Å². The van der Waals surface area contributed by atoms with E-state index < -0.39 is 0 Å². The Kier molecular flexibility index (Phi) is 4.60. The van der Waals surface area contributed by atoms with Crippen LogP contribution in [0.15, 0.2) is 18.2 Å². The smallest absolute Gasteiger partial charge is 0.340 e. The van der Waals surface area contributed by atoms with Crippen molar-refractivity contribution in [2.45, 2.75) is 12.7 Å². The van der Waals surface area contributed by atoms with Crippen LogP contribution in [0.4, 0.5) is 0 Å². The Balaban J connectivity index is 2.70. The summed E-state index contributed by atoms with van der Waals surface area (Å²) in [5.41, 5.74) is 2.65. The topological polar surface area (TPSA) is 40.5 Å². The fourth-order valence-corrected chi connectivity index (χ4v) is 2.95. The number of esters is 1. The molecule has 5 heteroatoms. The molecule has 0 N–H and O–H groups in total. The van der Waals surface area contributed by atoms with Crippen LogP contribution in [-0.2, 0) is 17.5 Å². The van der Waals surface area contributed by atoms with Gasteiger partial charge in [0.05, 0.1) is 19.3 Å². The van der Waals surface area contributed by atoms with Crippen LogP contribution in [0, 0.1) is 0 Å². The summed E-state index contributed by atoms with van der Waals surface area (Å²) >= 11 is 1.68. The molecule has 20 heavy (non-hydrogen) atoms. The Morgan fingerprint density at radius 1 is 1.40 bits per heavy atom. The number of thioether (sulfide) groups is 1. The average molecular weight is 293 g/mol. The fourth-order valence-electron chi connectivity index (χ4n) is 2.34. The predicted molar refractivity (Wildman–Crippen MR) is 82.6 cm³/mol. The molecule has 0 bridgehead atoms. The average Bonchev–Trinajstić information content (AvgIpc) is 2.72. The van der Waals surface area contributed by atoms with Gasteiger partial charge in [0.1, 0.15) is 5.75 Å². The van der Waals surface area contributed by atoms with E-state index in [0.717, 1.165) is 28.1 Å². The molecule has 0 radical (unpaired) electrons. The summed E-state index contributed by atoms with van der Waals surface area (Å²) in [4.78, 5) is 12.3. The number of methoxy groups -OCH3 is 1. The summed E-state index contributed by atoms with van der Waals surface area (Å²) in [6, 6.07) is 5.77. The summed E-state index contributed by atoms with van der Waals surface area (Å²) in [5.74, 6) is 1.24. The molecule has 0 fully saturated rings. The zero-order valence-corrected chi connectivity index (χ0v) is 13.0. The van der Waals surface area contributed by atoms with Crippen LogP contribution in [0.2, 0.25) is 0 Å². The van der Waals surface area contributed by atoms with E-state index >= 15 is 0 Å². The van der Waals surface area contributed by atoms with E-state index in [2.05, 4.69) is 4.57 Å². The van der Waals surface area contributed by atoms with Gasteiger partial charge in [-0.2, -0.15) is 11.8 Å². The number of benzene rings is 1. The lowest BCUT2D eigenvalue weighted by Gasteiger charge is -2.06. The first kappa shape index (κ1) is 14.8. The molecule has 1 aromatic heterocycles. The maximum Gasteiger partial charge on any atom is 0.340 e. The van der Waals surface area contributed by atoms with E-state index in [0.29, 0.717) is 12.2 Å². The van der Waals surface area contributed by atoms with E-state index in [1.807, 2.05) is 38.4 Å². The van der Waals surface area contributed by atoms with Crippen molar-refractivity contribution in [2.75, 3.05) is 20.0 Å². The zero-order chi connectivity index (χ0) is 14.7. The molecular formula is C15H19NO3S. The van der Waals surface area contributed by atoms with E-state index in [9.17, 15) is 4.79 Å². The number of aryl methyl sites for hydroxylation is 1. The lowest BCUT2D eigenvalue weighted by Crippen LogP contribution is -2.08. The lowest BCUT2D eigenvalue weighted by atomic mass is 10.1. The maximum absolute atomic E-state index is 12.3. The molecule has 0 aliphatic rings. The third-order valence-electron chi connectivity index (χ3n) is 3.29. The van der Waals surface area contributed by atoms with Crippen LogP contribution in [-0.4, -0.2) is 30.5 Å². The molecule has 0 unspecified atom stereocenters. The molecule has 0 spiro atoms. The molecule has 0 aliphatic heterocycles. The van der Waals surface area contributed by atoms with Gasteiger partial charge in [-0.15, -0.1) is 0 Å². The summed E-state index contributed by atoms with van der Waals surface area (Å²) in [7, 11) is 3.60. The van der Waals surface area contributed by atoms with Crippen LogP contribution in [0.25, 0.3) is 10.9 Å². The number of nitrogens with zero attached hydrogens (tertiary/aromatic N) is 1. The van der Waals surface area contributed by atoms with Crippen molar-refractivity contribution in [3.8, 4) is 5.75 Å². The van der Waals surface area contributed by atoms with Crippen LogP contribution in [0.5, 0.6) is 5.75 Å². The second kappa shape index (κ2) is 6.22. The number of rotatable bonds is 5. The van der Waals surface area contributed by atoms with Gasteiger partial charge in [-0.3, -0.25) is 0 Å². The summed E-state index contributed by atoms with van der Waals surface area (Å²) in [6.07, 6.45) is 2.02. The fraction of sp³-hybridized carbons (Fsp3) is 0.400. The van der Waals surface area contributed by atoms with Crippen molar-refractivity contribution in [3.63, 3.8) is 0 Å². The second-order valence-electron chi connectivity index (χ2n) is 4.42. The van der Waals surface area contributed by atoms with Gasteiger partial charge in [0.2, 0.25) is 0 Å².